The van der Waals surface area contributed by atoms with E-state index in [0.717, 1.165) is 56.4 Å². The van der Waals surface area contributed by atoms with Gasteiger partial charge in [0, 0.05) is 45.3 Å². The molecule has 322 valence electrons. The van der Waals surface area contributed by atoms with E-state index in [0.29, 0.717) is 35.6 Å². The van der Waals surface area contributed by atoms with Crippen LogP contribution in [0.1, 0.15) is 44.5 Å². The molecule has 66 heavy (non-hydrogen) atoms. The van der Waals surface area contributed by atoms with E-state index in [1.54, 1.807) is 0 Å². The molecule has 0 N–H and O–H groups in total. The van der Waals surface area contributed by atoms with Gasteiger partial charge in [0.2, 0.25) is 0 Å². The first kappa shape index (κ1) is 41.8. The lowest BCUT2D eigenvalue weighted by Gasteiger charge is -2.29. The van der Waals surface area contributed by atoms with Crippen LogP contribution in [0.2, 0.25) is 0 Å². The zero-order chi connectivity index (χ0) is 45.3. The molecule has 2 aliphatic heterocycles. The van der Waals surface area contributed by atoms with E-state index in [1.165, 1.54) is 22.3 Å². The van der Waals surface area contributed by atoms with Gasteiger partial charge in [-0.1, -0.05) is 156 Å². The highest BCUT2D eigenvalue weighted by atomic mass is 16.2. The summed E-state index contributed by atoms with van der Waals surface area (Å²) in [6.07, 6.45) is 0. The van der Waals surface area contributed by atoms with Gasteiger partial charge >= 0.3 is 0 Å². The Morgan fingerprint density at radius 3 is 0.939 bits per heavy atom. The van der Waals surface area contributed by atoms with Crippen molar-refractivity contribution in [2.24, 2.45) is 0 Å². The quantitative estimate of drug-likeness (QED) is 0.123. The fraction of sp³-hybridized carbons (Fsp3) is 0.100. The number of fused-ring (bicyclic) bond motifs is 1. The summed E-state index contributed by atoms with van der Waals surface area (Å²) >= 11 is 0. The average Bonchev–Trinajstić information content (AvgIpc) is 3.78. The predicted octanol–water partition coefficient (Wildman–Crippen LogP) is 14.1. The summed E-state index contributed by atoms with van der Waals surface area (Å²) in [5.41, 5.74) is 16.0. The third-order valence-corrected chi connectivity index (χ3v) is 12.5. The lowest BCUT2D eigenvalue weighted by molar-refractivity contribution is -0.124. The summed E-state index contributed by atoms with van der Waals surface area (Å²) in [5.74, 6) is -0.414. The Morgan fingerprint density at radius 1 is 0.333 bits per heavy atom. The molecule has 2 aliphatic rings. The minimum Gasteiger partial charge on any atom is -0.310 e. The summed E-state index contributed by atoms with van der Waals surface area (Å²) in [5, 5.41) is 0. The van der Waals surface area contributed by atoms with Crippen LogP contribution in [0.25, 0.3) is 11.4 Å². The van der Waals surface area contributed by atoms with Gasteiger partial charge in [-0.3, -0.25) is 9.59 Å². The summed E-state index contributed by atoms with van der Waals surface area (Å²) in [7, 11) is 0. The van der Waals surface area contributed by atoms with Crippen LogP contribution in [0, 0.1) is 27.7 Å². The molecule has 0 saturated carbocycles. The molecule has 0 aromatic heterocycles. The molecule has 0 aliphatic carbocycles. The van der Waals surface area contributed by atoms with Crippen molar-refractivity contribution in [3.63, 3.8) is 0 Å². The molecule has 0 unspecified atom stereocenters. The first-order valence-corrected chi connectivity index (χ1v) is 22.5. The van der Waals surface area contributed by atoms with Crippen molar-refractivity contribution in [2.75, 3.05) is 9.80 Å². The van der Waals surface area contributed by atoms with Gasteiger partial charge in [-0.05, 0) is 112 Å². The van der Waals surface area contributed by atoms with Gasteiger partial charge in [0.1, 0.15) is 0 Å². The van der Waals surface area contributed by atoms with E-state index >= 15 is 9.59 Å². The molecule has 0 atom stereocenters. The maximum absolute atomic E-state index is 15.6. The maximum Gasteiger partial charge on any atom is 0.261 e. The minimum absolute atomic E-state index is 0.207. The number of amides is 2. The van der Waals surface area contributed by atoms with Crippen molar-refractivity contribution in [2.45, 2.75) is 40.8 Å². The maximum atomic E-state index is 15.6. The summed E-state index contributed by atoms with van der Waals surface area (Å²) < 4.78 is 0. The highest BCUT2D eigenvalue weighted by molar-refractivity contribution is 6.30. The minimum atomic E-state index is -0.207. The monoisotopic (exact) mass is 858 g/mol. The van der Waals surface area contributed by atoms with Crippen LogP contribution < -0.4 is 9.80 Å². The summed E-state index contributed by atoms with van der Waals surface area (Å²) in [6.45, 7) is 8.94. The predicted molar refractivity (Wildman–Crippen MR) is 269 cm³/mol. The highest BCUT2D eigenvalue weighted by Crippen LogP contribution is 2.49. The third-order valence-electron chi connectivity index (χ3n) is 12.5. The summed E-state index contributed by atoms with van der Waals surface area (Å²) in [4.78, 5) is 39.2. The Balaban J connectivity index is 1.18. The fourth-order valence-corrected chi connectivity index (χ4v) is 9.08. The zero-order valence-electron chi connectivity index (χ0n) is 37.6. The van der Waals surface area contributed by atoms with Crippen LogP contribution in [0.5, 0.6) is 0 Å². The van der Waals surface area contributed by atoms with Crippen LogP contribution in [0.15, 0.2) is 217 Å². The van der Waals surface area contributed by atoms with Crippen LogP contribution in [-0.4, -0.2) is 21.6 Å². The van der Waals surface area contributed by atoms with Gasteiger partial charge in [-0.15, -0.1) is 0 Å². The second kappa shape index (κ2) is 17.7. The van der Waals surface area contributed by atoms with Gasteiger partial charge in [0.05, 0.1) is 35.6 Å². The Kier molecular flexibility index (Phi) is 11.2. The van der Waals surface area contributed by atoms with Crippen molar-refractivity contribution in [3.05, 3.63) is 262 Å². The molecule has 0 saturated heterocycles. The number of benzene rings is 8. The average molecular weight is 859 g/mol. The molecule has 0 bridgehead atoms. The smallest absolute Gasteiger partial charge is 0.261 e. The number of hydrogen-bond donors (Lipinski definition) is 0. The van der Waals surface area contributed by atoms with E-state index in [-0.39, 0.29) is 11.8 Å². The number of carbonyl (C=O) groups excluding carboxylic acids is 2. The number of carbonyl (C=O) groups is 2. The summed E-state index contributed by atoms with van der Waals surface area (Å²) in [6, 6.07) is 70.6. The number of aryl methyl sites for hydroxylation is 4. The third kappa shape index (κ3) is 8.10. The standard InChI is InChI=1S/C60H50N4O2/c1-41-21-29-49(30-22-41)63(50-31-23-42(2)24-32-50)53-19-11-17-47(37-53)57-55-56(60(66)61(57)39-45-13-7-5-8-14-45)58(62(59(55)65)40-46-15-9-6-10-16-46)48-18-12-20-54(38-48)64(51-33-25-43(3)26-34-51)52-35-27-44(4)28-36-52/h5-38H,39-40H2,1-4H3. The molecule has 2 amide bonds. The van der Waals surface area contributed by atoms with Crippen molar-refractivity contribution >= 4 is 57.3 Å². The molecule has 8 aromatic rings. The van der Waals surface area contributed by atoms with Crippen LogP contribution >= 0.6 is 0 Å². The van der Waals surface area contributed by atoms with Crippen LogP contribution in [0.4, 0.5) is 34.1 Å². The molecule has 6 nitrogen and oxygen atoms in total. The lowest BCUT2D eigenvalue weighted by atomic mass is 10.0. The molecule has 6 heteroatoms. The second-order valence-corrected chi connectivity index (χ2v) is 17.3. The van der Waals surface area contributed by atoms with E-state index < -0.39 is 0 Å². The number of anilines is 6. The van der Waals surface area contributed by atoms with Crippen LogP contribution in [0.3, 0.4) is 0 Å². The topological polar surface area (TPSA) is 47.1 Å². The Hall–Kier alpha value is -8.22. The number of rotatable bonds is 12. The number of hydrogen-bond acceptors (Lipinski definition) is 4. The molecule has 0 fully saturated rings. The Morgan fingerprint density at radius 2 is 0.636 bits per heavy atom. The molecule has 8 aromatic carbocycles. The molecule has 10 rings (SSSR count). The van der Waals surface area contributed by atoms with E-state index in [9.17, 15) is 0 Å². The molecule has 0 spiro atoms. The highest BCUT2D eigenvalue weighted by Gasteiger charge is 2.49. The van der Waals surface area contributed by atoms with E-state index in [1.807, 2.05) is 94.7 Å². The van der Waals surface area contributed by atoms with Gasteiger partial charge < -0.3 is 19.6 Å². The Labute approximate surface area is 387 Å². The fourth-order valence-electron chi connectivity index (χ4n) is 9.08. The first-order valence-electron chi connectivity index (χ1n) is 22.5. The molecule has 2 heterocycles. The molecular formula is C60H50N4O2. The zero-order valence-corrected chi connectivity index (χ0v) is 37.6. The Bertz CT molecular complexity index is 2830. The SMILES string of the molecule is Cc1ccc(N(c2ccc(C)cc2)c2cccc(C3=C4C(=O)N(Cc5ccccc5)C(c5cccc(N(c6ccc(C)cc6)c6ccc(C)cc6)c5)=C4C(=O)N3Cc3ccccc3)c2)cc1. The van der Waals surface area contributed by atoms with Crippen LogP contribution in [-0.2, 0) is 22.7 Å². The van der Waals surface area contributed by atoms with Crippen molar-refractivity contribution < 1.29 is 9.59 Å². The number of nitrogens with zero attached hydrogens (tertiary/aromatic N) is 4. The lowest BCUT2D eigenvalue weighted by Crippen LogP contribution is -2.29. The molecular weight excluding hydrogens is 809 g/mol. The normalized spacial score (nSPS) is 13.5. The van der Waals surface area contributed by atoms with Gasteiger partial charge in [-0.25, -0.2) is 0 Å². The van der Waals surface area contributed by atoms with Gasteiger partial charge in [0.25, 0.3) is 11.8 Å². The second-order valence-electron chi connectivity index (χ2n) is 17.3. The largest absolute Gasteiger partial charge is 0.310 e. The van der Waals surface area contributed by atoms with E-state index in [4.69, 9.17) is 0 Å². The van der Waals surface area contributed by atoms with Crippen molar-refractivity contribution in [1.29, 1.82) is 0 Å². The van der Waals surface area contributed by atoms with Crippen molar-refractivity contribution in [3.8, 4) is 0 Å². The van der Waals surface area contributed by atoms with Gasteiger partial charge in [0.15, 0.2) is 0 Å². The first-order chi connectivity index (χ1) is 32.2. The van der Waals surface area contributed by atoms with E-state index in [2.05, 4.69) is 159 Å². The van der Waals surface area contributed by atoms with Crippen molar-refractivity contribution in [1.82, 2.24) is 9.80 Å². The molecule has 0 radical (unpaired) electrons. The van der Waals surface area contributed by atoms with Gasteiger partial charge in [-0.2, -0.15) is 0 Å².